The first-order valence-corrected chi connectivity index (χ1v) is 12.2. The molecule has 0 atom stereocenters. The van der Waals surface area contributed by atoms with Gasteiger partial charge in [-0.05, 0) is 79.3 Å². The van der Waals surface area contributed by atoms with Gasteiger partial charge in [0.05, 0.1) is 6.61 Å². The van der Waals surface area contributed by atoms with Crippen LogP contribution < -0.4 is 20.3 Å². The van der Waals surface area contributed by atoms with Crippen molar-refractivity contribution in [2.24, 2.45) is 0 Å². The quantitative estimate of drug-likeness (QED) is 0.268. The van der Waals surface area contributed by atoms with Crippen molar-refractivity contribution < 1.29 is 14.3 Å². The number of hydrogen-bond acceptors (Lipinski definition) is 4. The first-order valence-electron chi connectivity index (χ1n) is 11.8. The summed E-state index contributed by atoms with van der Waals surface area (Å²) in [5.74, 6) is 0.312. The van der Waals surface area contributed by atoms with Crippen LogP contribution in [0.15, 0.2) is 78.9 Å². The van der Waals surface area contributed by atoms with Crippen molar-refractivity contribution in [1.82, 2.24) is 5.32 Å². The fourth-order valence-electron chi connectivity index (χ4n) is 3.42. The molecule has 7 heteroatoms. The molecule has 0 aliphatic heterocycles. The molecular weight excluding hydrogens is 458 g/mol. The molecule has 0 aliphatic carbocycles. The van der Waals surface area contributed by atoms with Crippen molar-refractivity contribution in [3.63, 3.8) is 0 Å². The minimum Gasteiger partial charge on any atom is -0.494 e. The number of para-hydroxylation sites is 1. The van der Waals surface area contributed by atoms with Crippen LogP contribution in [0.3, 0.4) is 0 Å². The van der Waals surface area contributed by atoms with Crippen LogP contribution in [0.2, 0.25) is 0 Å². The lowest BCUT2D eigenvalue weighted by Gasteiger charge is -2.17. The molecular formula is C28H31N3O3S. The second-order valence-electron chi connectivity index (χ2n) is 8.12. The maximum absolute atomic E-state index is 12.7. The molecule has 3 aromatic carbocycles. The van der Waals surface area contributed by atoms with Crippen LogP contribution in [0.4, 0.5) is 11.4 Å². The molecule has 0 saturated carbocycles. The number of ether oxygens (including phenoxy) is 1. The van der Waals surface area contributed by atoms with E-state index >= 15 is 0 Å². The highest BCUT2D eigenvalue weighted by molar-refractivity contribution is 7.80. The first kappa shape index (κ1) is 25.9. The number of nitrogens with one attached hydrogen (secondary N) is 2. The number of unbranched alkanes of at least 4 members (excludes halogenated alkanes) is 3. The topological polar surface area (TPSA) is 70.7 Å². The van der Waals surface area contributed by atoms with E-state index in [1.54, 1.807) is 60.5 Å². The summed E-state index contributed by atoms with van der Waals surface area (Å²) in [7, 11) is 1.74. The number of thiocarbonyl (C=S) groups is 1. The molecule has 3 aromatic rings. The summed E-state index contributed by atoms with van der Waals surface area (Å²) in [6, 6.07) is 23.4. The molecule has 6 nitrogen and oxygen atoms in total. The van der Waals surface area contributed by atoms with E-state index in [-0.39, 0.29) is 16.9 Å². The molecule has 35 heavy (non-hydrogen) atoms. The van der Waals surface area contributed by atoms with Gasteiger partial charge in [-0.3, -0.25) is 14.9 Å². The van der Waals surface area contributed by atoms with Gasteiger partial charge in [-0.1, -0.05) is 44.4 Å². The SMILES string of the molecule is CCCCCCOc1ccc(C(=O)NC(=S)Nc2ccc(C(=O)N(C)c3ccccc3)cc2)cc1. The maximum atomic E-state index is 12.7. The Hall–Kier alpha value is -3.71. The van der Waals surface area contributed by atoms with Gasteiger partial charge in [-0.15, -0.1) is 0 Å². The predicted octanol–water partition coefficient (Wildman–Crippen LogP) is 6.05. The van der Waals surface area contributed by atoms with Crippen molar-refractivity contribution in [3.05, 3.63) is 90.0 Å². The molecule has 0 unspecified atom stereocenters. The zero-order valence-electron chi connectivity index (χ0n) is 20.1. The minimum atomic E-state index is -0.312. The van der Waals surface area contributed by atoms with Gasteiger partial charge in [0.15, 0.2) is 5.11 Å². The molecule has 0 saturated heterocycles. The Balaban J connectivity index is 1.48. The largest absolute Gasteiger partial charge is 0.494 e. The molecule has 0 fully saturated rings. The van der Waals surface area contributed by atoms with Gasteiger partial charge in [0.25, 0.3) is 11.8 Å². The van der Waals surface area contributed by atoms with Crippen molar-refractivity contribution >= 4 is 40.5 Å². The molecule has 0 heterocycles. The Kier molecular flexibility index (Phi) is 9.80. The van der Waals surface area contributed by atoms with Crippen LogP contribution in [0.1, 0.15) is 53.3 Å². The van der Waals surface area contributed by atoms with Crippen molar-refractivity contribution in [2.75, 3.05) is 23.9 Å². The van der Waals surface area contributed by atoms with Crippen molar-refractivity contribution in [3.8, 4) is 5.75 Å². The van der Waals surface area contributed by atoms with Crippen LogP contribution in [0.5, 0.6) is 5.75 Å². The molecule has 2 amide bonds. The number of benzene rings is 3. The average Bonchev–Trinajstić information content (AvgIpc) is 2.89. The summed E-state index contributed by atoms with van der Waals surface area (Å²) in [6.45, 7) is 2.85. The normalized spacial score (nSPS) is 10.3. The summed E-state index contributed by atoms with van der Waals surface area (Å²) >= 11 is 5.28. The third-order valence-electron chi connectivity index (χ3n) is 5.45. The van der Waals surface area contributed by atoms with E-state index in [1.807, 2.05) is 30.3 Å². The lowest BCUT2D eigenvalue weighted by Crippen LogP contribution is -2.34. The fourth-order valence-corrected chi connectivity index (χ4v) is 3.63. The van der Waals surface area contributed by atoms with E-state index in [0.29, 0.717) is 23.4 Å². The van der Waals surface area contributed by atoms with Gasteiger partial charge in [-0.25, -0.2) is 0 Å². The van der Waals surface area contributed by atoms with Crippen molar-refractivity contribution in [1.29, 1.82) is 0 Å². The standard InChI is InChI=1S/C28H31N3O3S/c1-3-4-5-9-20-34-25-18-14-21(15-19-25)26(32)30-28(35)29-23-16-12-22(13-17-23)27(33)31(2)24-10-7-6-8-11-24/h6-8,10-19H,3-5,9,20H2,1-2H3,(H2,29,30,32,35). The van der Waals surface area contributed by atoms with Gasteiger partial charge in [0.2, 0.25) is 0 Å². The molecule has 0 aliphatic rings. The van der Waals surface area contributed by atoms with E-state index in [4.69, 9.17) is 17.0 Å². The number of rotatable bonds is 10. The van der Waals surface area contributed by atoms with E-state index in [9.17, 15) is 9.59 Å². The second kappa shape index (κ2) is 13.2. The maximum Gasteiger partial charge on any atom is 0.258 e. The van der Waals surface area contributed by atoms with Gasteiger partial charge in [0, 0.05) is 29.5 Å². The summed E-state index contributed by atoms with van der Waals surface area (Å²) in [5.41, 5.74) is 2.51. The van der Waals surface area contributed by atoms with Gasteiger partial charge >= 0.3 is 0 Å². The monoisotopic (exact) mass is 489 g/mol. The molecule has 0 bridgehead atoms. The zero-order valence-corrected chi connectivity index (χ0v) is 20.9. The summed E-state index contributed by atoms with van der Waals surface area (Å²) in [6.07, 6.45) is 4.59. The zero-order chi connectivity index (χ0) is 25.0. The van der Waals surface area contributed by atoms with Gasteiger partial charge in [0.1, 0.15) is 5.75 Å². The fraction of sp³-hybridized carbons (Fsp3) is 0.250. The van der Waals surface area contributed by atoms with Crippen LogP contribution in [0, 0.1) is 0 Å². The molecule has 0 aromatic heterocycles. The smallest absolute Gasteiger partial charge is 0.258 e. The van der Waals surface area contributed by atoms with Crippen LogP contribution in [-0.4, -0.2) is 30.6 Å². The van der Waals surface area contributed by atoms with Crippen molar-refractivity contribution in [2.45, 2.75) is 32.6 Å². The number of nitrogens with zero attached hydrogens (tertiary/aromatic N) is 1. The minimum absolute atomic E-state index is 0.119. The molecule has 182 valence electrons. The third-order valence-corrected chi connectivity index (χ3v) is 5.65. The van der Waals surface area contributed by atoms with Crippen LogP contribution in [0.25, 0.3) is 0 Å². The predicted molar refractivity (Wildman–Crippen MR) is 145 cm³/mol. The summed E-state index contributed by atoms with van der Waals surface area (Å²) in [4.78, 5) is 26.8. The Bertz CT molecular complexity index is 1120. The second-order valence-corrected chi connectivity index (χ2v) is 8.53. The van der Waals surface area contributed by atoms with E-state index in [1.165, 1.54) is 12.8 Å². The van der Waals surface area contributed by atoms with Crippen LogP contribution >= 0.6 is 12.2 Å². The Labute approximate surface area is 212 Å². The molecule has 3 rings (SSSR count). The molecule has 0 spiro atoms. The lowest BCUT2D eigenvalue weighted by atomic mass is 10.1. The number of anilines is 2. The van der Waals surface area contributed by atoms with E-state index in [2.05, 4.69) is 17.6 Å². The highest BCUT2D eigenvalue weighted by atomic mass is 32.1. The lowest BCUT2D eigenvalue weighted by molar-refractivity contribution is 0.0974. The highest BCUT2D eigenvalue weighted by Crippen LogP contribution is 2.17. The first-order chi connectivity index (χ1) is 17.0. The molecule has 0 radical (unpaired) electrons. The third kappa shape index (κ3) is 7.93. The summed E-state index contributed by atoms with van der Waals surface area (Å²) in [5, 5.41) is 5.82. The van der Waals surface area contributed by atoms with Gasteiger partial charge in [-0.2, -0.15) is 0 Å². The number of amides is 2. The Morgan fingerprint density at radius 3 is 2.17 bits per heavy atom. The number of carbonyl (C=O) groups excluding carboxylic acids is 2. The Morgan fingerprint density at radius 1 is 0.857 bits per heavy atom. The molecule has 2 N–H and O–H groups in total. The Morgan fingerprint density at radius 2 is 1.51 bits per heavy atom. The van der Waals surface area contributed by atoms with Gasteiger partial charge < -0.3 is 15.0 Å². The van der Waals surface area contributed by atoms with Crippen LogP contribution in [-0.2, 0) is 0 Å². The number of carbonyl (C=O) groups is 2. The number of hydrogen-bond donors (Lipinski definition) is 2. The van der Waals surface area contributed by atoms with E-state index < -0.39 is 0 Å². The van der Waals surface area contributed by atoms with E-state index in [0.717, 1.165) is 24.3 Å². The highest BCUT2D eigenvalue weighted by Gasteiger charge is 2.13. The average molecular weight is 490 g/mol. The summed E-state index contributed by atoms with van der Waals surface area (Å²) < 4.78 is 5.72.